The highest BCUT2D eigenvalue weighted by Crippen LogP contribution is 2.33. The molecule has 0 saturated carbocycles. The first-order chi connectivity index (χ1) is 14.6. The van der Waals surface area contributed by atoms with Crippen molar-refractivity contribution in [3.8, 4) is 46.5 Å². The first kappa shape index (κ1) is 17.9. The summed E-state index contributed by atoms with van der Waals surface area (Å²) in [7, 11) is 0. The molecule has 8 heteroatoms. The Morgan fingerprint density at radius 3 is 2.03 bits per heavy atom. The fourth-order valence-corrected chi connectivity index (χ4v) is 2.98. The van der Waals surface area contributed by atoms with E-state index < -0.39 is 0 Å². The van der Waals surface area contributed by atoms with Gasteiger partial charge in [0.15, 0.2) is 0 Å². The third-order valence-electron chi connectivity index (χ3n) is 4.14. The summed E-state index contributed by atoms with van der Waals surface area (Å²) in [4.78, 5) is 16.9. The molecule has 8 nitrogen and oxygen atoms in total. The van der Waals surface area contributed by atoms with Crippen LogP contribution in [0.5, 0.6) is 46.5 Å². The van der Waals surface area contributed by atoms with Crippen LogP contribution in [0, 0.1) is 13.8 Å². The van der Waals surface area contributed by atoms with E-state index in [0.29, 0.717) is 46.5 Å². The summed E-state index contributed by atoms with van der Waals surface area (Å²) in [6.45, 7) is 3.79. The third-order valence-corrected chi connectivity index (χ3v) is 4.14. The normalized spacial score (nSPS) is 12.1. The molecule has 30 heavy (non-hydrogen) atoms. The molecular formula is C22H16N4O4. The van der Waals surface area contributed by atoms with Gasteiger partial charge in [0, 0.05) is 36.2 Å². The van der Waals surface area contributed by atoms with Crippen molar-refractivity contribution in [3.63, 3.8) is 0 Å². The summed E-state index contributed by atoms with van der Waals surface area (Å²) in [6.07, 6.45) is 2.98. The van der Waals surface area contributed by atoms with Crippen molar-refractivity contribution in [1.82, 2.24) is 19.9 Å². The fourth-order valence-electron chi connectivity index (χ4n) is 2.98. The number of ether oxygens (including phenoxy) is 4. The van der Waals surface area contributed by atoms with Crippen LogP contribution in [0.25, 0.3) is 0 Å². The van der Waals surface area contributed by atoms with Gasteiger partial charge >= 0.3 is 0 Å². The molecule has 0 spiro atoms. The topological polar surface area (TPSA) is 88.5 Å². The van der Waals surface area contributed by atoms with E-state index in [1.807, 2.05) is 26.0 Å². The number of benzene rings is 1. The van der Waals surface area contributed by atoms with E-state index in [1.54, 1.807) is 42.6 Å². The second-order valence-corrected chi connectivity index (χ2v) is 6.70. The highest BCUT2D eigenvalue weighted by Gasteiger charge is 2.11. The molecule has 1 aromatic carbocycles. The lowest BCUT2D eigenvalue weighted by molar-refractivity contribution is 0.411. The maximum atomic E-state index is 5.98. The van der Waals surface area contributed by atoms with Crippen LogP contribution in [-0.2, 0) is 0 Å². The predicted octanol–water partition coefficient (Wildman–Crippen LogP) is 5.37. The van der Waals surface area contributed by atoms with E-state index >= 15 is 0 Å². The monoisotopic (exact) mass is 400 g/mol. The Labute approximate surface area is 172 Å². The minimum atomic E-state index is 0.298. The van der Waals surface area contributed by atoms with Gasteiger partial charge in [-0.05, 0) is 37.6 Å². The van der Waals surface area contributed by atoms with Crippen LogP contribution in [0.3, 0.4) is 0 Å². The highest BCUT2D eigenvalue weighted by molar-refractivity contribution is 5.43. The molecule has 0 aliphatic carbocycles. The third kappa shape index (κ3) is 3.97. The predicted molar refractivity (Wildman–Crippen MR) is 107 cm³/mol. The first-order valence-corrected chi connectivity index (χ1v) is 9.19. The van der Waals surface area contributed by atoms with Gasteiger partial charge in [-0.25, -0.2) is 19.9 Å². The van der Waals surface area contributed by atoms with Crippen LogP contribution >= 0.6 is 0 Å². The van der Waals surface area contributed by atoms with Crippen LogP contribution in [0.1, 0.15) is 11.3 Å². The van der Waals surface area contributed by atoms with E-state index in [1.165, 1.54) is 6.33 Å². The zero-order valence-corrected chi connectivity index (χ0v) is 16.2. The number of fused-ring (bicyclic) bond motifs is 8. The van der Waals surface area contributed by atoms with Gasteiger partial charge in [0.2, 0.25) is 23.5 Å². The van der Waals surface area contributed by atoms with Gasteiger partial charge in [0.05, 0.1) is 6.07 Å². The Kier molecular flexibility index (Phi) is 4.36. The van der Waals surface area contributed by atoms with Crippen molar-refractivity contribution in [2.45, 2.75) is 13.8 Å². The summed E-state index contributed by atoms with van der Waals surface area (Å²) in [5.74, 6) is 3.62. The maximum absolute atomic E-state index is 5.98. The van der Waals surface area contributed by atoms with Crippen molar-refractivity contribution in [2.24, 2.45) is 0 Å². The highest BCUT2D eigenvalue weighted by atomic mass is 16.5. The minimum absolute atomic E-state index is 0.298. The molecule has 4 aromatic rings. The van der Waals surface area contributed by atoms with Crippen molar-refractivity contribution in [2.75, 3.05) is 0 Å². The Morgan fingerprint density at radius 1 is 0.567 bits per heavy atom. The van der Waals surface area contributed by atoms with Gasteiger partial charge in [0.1, 0.15) is 29.3 Å². The number of hydrogen-bond acceptors (Lipinski definition) is 8. The molecule has 5 rings (SSSR count). The zero-order valence-electron chi connectivity index (χ0n) is 16.2. The molecule has 0 fully saturated rings. The largest absolute Gasteiger partial charge is 0.457 e. The molecule has 1 aliphatic rings. The summed E-state index contributed by atoms with van der Waals surface area (Å²) in [6, 6.07) is 14.0. The van der Waals surface area contributed by atoms with Gasteiger partial charge in [-0.3, -0.25) is 0 Å². The van der Waals surface area contributed by atoms with Gasteiger partial charge < -0.3 is 18.9 Å². The Bertz CT molecular complexity index is 1070. The summed E-state index contributed by atoms with van der Waals surface area (Å²) < 4.78 is 23.6. The van der Waals surface area contributed by atoms with Crippen LogP contribution in [0.15, 0.2) is 61.1 Å². The molecule has 0 atom stereocenters. The number of pyridine rings is 2. The first-order valence-electron chi connectivity index (χ1n) is 9.19. The van der Waals surface area contributed by atoms with Crippen molar-refractivity contribution in [1.29, 1.82) is 0 Å². The summed E-state index contributed by atoms with van der Waals surface area (Å²) in [5.41, 5.74) is 1.68. The molecule has 4 heterocycles. The van der Waals surface area contributed by atoms with Crippen molar-refractivity contribution >= 4 is 0 Å². The standard InChI is InChI=1S/C22H16N4O4/c1-13-5-16-8-17(6-13)29-20-11-21(25-12-24-20)30-22-10-18(7-14(2)26-22)27-15-3-4-23-19(9-15)28-16/h3-12H,1-2H3. The Hall–Kier alpha value is -4.20. The second kappa shape index (κ2) is 7.32. The molecule has 0 radical (unpaired) electrons. The summed E-state index contributed by atoms with van der Waals surface area (Å²) in [5, 5.41) is 0. The molecular weight excluding hydrogens is 384 g/mol. The average Bonchev–Trinajstić information content (AvgIpc) is 2.67. The van der Waals surface area contributed by atoms with Crippen LogP contribution in [-0.4, -0.2) is 19.9 Å². The SMILES string of the molecule is Cc1cc2cc(c1)Oc1cc(ncn1)Oc1cc(cc(C)n1)Oc1ccnc(c1)O2. The van der Waals surface area contributed by atoms with E-state index in [0.717, 1.165) is 11.3 Å². The lowest BCUT2D eigenvalue weighted by Crippen LogP contribution is -1.97. The second-order valence-electron chi connectivity index (χ2n) is 6.70. The number of hydrogen-bond donors (Lipinski definition) is 0. The molecule has 0 N–H and O–H groups in total. The lowest BCUT2D eigenvalue weighted by Gasteiger charge is -2.13. The maximum Gasteiger partial charge on any atom is 0.228 e. The van der Waals surface area contributed by atoms with Crippen LogP contribution in [0.4, 0.5) is 0 Å². The molecule has 0 saturated heterocycles. The number of aryl methyl sites for hydroxylation is 2. The molecule has 1 aliphatic heterocycles. The van der Waals surface area contributed by atoms with Crippen molar-refractivity contribution in [3.05, 3.63) is 72.3 Å². The van der Waals surface area contributed by atoms with E-state index in [4.69, 9.17) is 18.9 Å². The van der Waals surface area contributed by atoms with E-state index in [9.17, 15) is 0 Å². The number of rotatable bonds is 0. The van der Waals surface area contributed by atoms with Crippen LogP contribution in [0.2, 0.25) is 0 Å². The zero-order chi connectivity index (χ0) is 20.5. The molecule has 148 valence electrons. The average molecular weight is 400 g/mol. The van der Waals surface area contributed by atoms with Gasteiger partial charge in [-0.1, -0.05) is 0 Å². The Balaban J connectivity index is 1.63. The molecule has 3 aromatic heterocycles. The van der Waals surface area contributed by atoms with Crippen molar-refractivity contribution < 1.29 is 18.9 Å². The lowest BCUT2D eigenvalue weighted by atomic mass is 10.2. The smallest absolute Gasteiger partial charge is 0.228 e. The molecule has 0 amide bonds. The molecule has 0 unspecified atom stereocenters. The van der Waals surface area contributed by atoms with Crippen LogP contribution < -0.4 is 18.9 Å². The quantitative estimate of drug-likeness (QED) is 0.343. The van der Waals surface area contributed by atoms with Gasteiger partial charge in [-0.2, -0.15) is 0 Å². The van der Waals surface area contributed by atoms with Gasteiger partial charge in [0.25, 0.3) is 0 Å². The number of aromatic nitrogens is 4. The minimum Gasteiger partial charge on any atom is -0.457 e. The van der Waals surface area contributed by atoms with E-state index in [2.05, 4.69) is 19.9 Å². The summed E-state index contributed by atoms with van der Waals surface area (Å²) >= 11 is 0. The number of nitrogens with zero attached hydrogens (tertiary/aromatic N) is 4. The Morgan fingerprint density at radius 2 is 1.23 bits per heavy atom. The van der Waals surface area contributed by atoms with E-state index in [-0.39, 0.29) is 0 Å². The van der Waals surface area contributed by atoms with Gasteiger partial charge in [-0.15, -0.1) is 0 Å². The molecule has 8 bridgehead atoms. The fraction of sp³-hybridized carbons (Fsp3) is 0.0909.